The zero-order valence-corrected chi connectivity index (χ0v) is 18.0. The Kier molecular flexibility index (Phi) is 7.65. The van der Waals surface area contributed by atoms with Crippen molar-refractivity contribution >= 4 is 11.8 Å². The topological polar surface area (TPSA) is 76.7 Å². The largest absolute Gasteiger partial charge is 0.493 e. The Balaban J connectivity index is 1.89. The highest BCUT2D eigenvalue weighted by Gasteiger charge is 2.18. The van der Waals surface area contributed by atoms with Gasteiger partial charge in [-0.2, -0.15) is 0 Å². The average Bonchev–Trinajstić information content (AvgIpc) is 2.70. The third-order valence-corrected chi connectivity index (χ3v) is 5.05. The maximum atomic E-state index is 12.3. The fourth-order valence-corrected chi connectivity index (χ4v) is 3.23. The lowest BCUT2D eigenvalue weighted by Crippen LogP contribution is -2.41. The molecule has 2 aromatic rings. The molecule has 0 saturated heterocycles. The first-order chi connectivity index (χ1) is 13.8. The summed E-state index contributed by atoms with van der Waals surface area (Å²) in [4.78, 5) is 24.4. The van der Waals surface area contributed by atoms with Gasteiger partial charge in [0.15, 0.2) is 11.5 Å². The smallest absolute Gasteiger partial charge is 0.309 e. The number of nitrogens with one attached hydrogen (secondary N) is 2. The molecule has 0 aromatic heterocycles. The molecule has 6 heteroatoms. The zero-order valence-electron chi connectivity index (χ0n) is 18.0. The molecule has 2 rings (SSSR count). The Labute approximate surface area is 172 Å². The van der Waals surface area contributed by atoms with Crippen LogP contribution in [0.1, 0.15) is 40.8 Å². The second kappa shape index (κ2) is 9.96. The minimum absolute atomic E-state index is 0.251. The number of aryl methyl sites for hydroxylation is 3. The highest BCUT2D eigenvalue weighted by molar-refractivity contribution is 6.35. The van der Waals surface area contributed by atoms with E-state index in [1.54, 1.807) is 14.2 Å². The Hall–Kier alpha value is -3.02. The molecule has 0 radical (unpaired) electrons. The number of hydrogen-bond donors (Lipinski definition) is 2. The summed E-state index contributed by atoms with van der Waals surface area (Å²) < 4.78 is 10.5. The summed E-state index contributed by atoms with van der Waals surface area (Å²) in [6, 6.07) is 9.48. The summed E-state index contributed by atoms with van der Waals surface area (Å²) in [5, 5.41) is 5.44. The van der Waals surface area contributed by atoms with E-state index in [1.165, 1.54) is 5.56 Å². The van der Waals surface area contributed by atoms with Gasteiger partial charge < -0.3 is 20.1 Å². The molecule has 0 unspecified atom stereocenters. The first kappa shape index (κ1) is 22.3. The lowest BCUT2D eigenvalue weighted by atomic mass is 9.96. The van der Waals surface area contributed by atoms with Crippen molar-refractivity contribution in [2.45, 2.75) is 40.2 Å². The van der Waals surface area contributed by atoms with Crippen LogP contribution < -0.4 is 20.1 Å². The quantitative estimate of drug-likeness (QED) is 0.703. The molecule has 156 valence electrons. The van der Waals surface area contributed by atoms with Crippen molar-refractivity contribution in [3.8, 4) is 11.5 Å². The molecule has 0 aliphatic rings. The van der Waals surface area contributed by atoms with Crippen molar-refractivity contribution in [3.05, 3.63) is 58.1 Å². The van der Waals surface area contributed by atoms with Gasteiger partial charge in [-0.05, 0) is 74.1 Å². The van der Waals surface area contributed by atoms with E-state index in [2.05, 4.69) is 29.7 Å². The van der Waals surface area contributed by atoms with E-state index in [9.17, 15) is 9.59 Å². The number of carbonyl (C=O) groups is 2. The average molecular weight is 399 g/mol. The molecule has 6 nitrogen and oxygen atoms in total. The Morgan fingerprint density at radius 3 is 2.21 bits per heavy atom. The zero-order chi connectivity index (χ0) is 21.6. The Morgan fingerprint density at radius 2 is 1.55 bits per heavy atom. The van der Waals surface area contributed by atoms with Gasteiger partial charge in [-0.15, -0.1) is 0 Å². The van der Waals surface area contributed by atoms with Crippen LogP contribution in [0.3, 0.4) is 0 Å². The molecule has 0 fully saturated rings. The van der Waals surface area contributed by atoms with Crippen LogP contribution in [-0.4, -0.2) is 32.6 Å². The van der Waals surface area contributed by atoms with Crippen molar-refractivity contribution in [2.24, 2.45) is 0 Å². The summed E-state index contributed by atoms with van der Waals surface area (Å²) >= 11 is 0. The van der Waals surface area contributed by atoms with Gasteiger partial charge in [0.2, 0.25) is 0 Å². The van der Waals surface area contributed by atoms with E-state index in [1.807, 2.05) is 39.0 Å². The normalized spacial score (nSPS) is 11.5. The molecule has 2 aromatic carbocycles. The molecule has 0 heterocycles. The van der Waals surface area contributed by atoms with Gasteiger partial charge in [-0.25, -0.2) is 0 Å². The Morgan fingerprint density at radius 1 is 0.897 bits per heavy atom. The van der Waals surface area contributed by atoms with Gasteiger partial charge in [0.05, 0.1) is 20.3 Å². The van der Waals surface area contributed by atoms with E-state index >= 15 is 0 Å². The molecular formula is C23H30N2O4. The summed E-state index contributed by atoms with van der Waals surface area (Å²) in [5.74, 6) is 0.00296. The van der Waals surface area contributed by atoms with Gasteiger partial charge in [0, 0.05) is 6.54 Å². The number of methoxy groups -OCH3 is 2. The van der Waals surface area contributed by atoms with Gasteiger partial charge >= 0.3 is 11.8 Å². The molecule has 0 saturated carbocycles. The standard InChI is InChI=1S/C23H30N2O4/c1-14-11-16(3)19(12-15(14)2)17(4)25-23(27)22(26)24-10-9-18-7-8-20(28-5)21(13-18)29-6/h7-8,11-13,17H,9-10H2,1-6H3,(H,24,26)(H,25,27)/t17-/m0/s1. The highest BCUT2D eigenvalue weighted by Crippen LogP contribution is 2.27. The van der Waals surface area contributed by atoms with Crippen molar-refractivity contribution < 1.29 is 19.1 Å². The highest BCUT2D eigenvalue weighted by atomic mass is 16.5. The lowest BCUT2D eigenvalue weighted by molar-refractivity contribution is -0.139. The van der Waals surface area contributed by atoms with Crippen molar-refractivity contribution in [1.29, 1.82) is 0 Å². The number of benzene rings is 2. The van der Waals surface area contributed by atoms with E-state index in [0.717, 1.165) is 22.3 Å². The minimum atomic E-state index is -0.640. The number of hydrogen-bond acceptors (Lipinski definition) is 4. The van der Waals surface area contributed by atoms with E-state index < -0.39 is 11.8 Å². The van der Waals surface area contributed by atoms with Crippen LogP contribution in [0.15, 0.2) is 30.3 Å². The predicted molar refractivity (Wildman–Crippen MR) is 113 cm³/mol. The number of carbonyl (C=O) groups excluding carboxylic acids is 2. The van der Waals surface area contributed by atoms with Crippen LogP contribution >= 0.6 is 0 Å². The molecule has 1 atom stereocenters. The number of rotatable bonds is 7. The first-order valence-electron chi connectivity index (χ1n) is 9.64. The monoisotopic (exact) mass is 398 g/mol. The fraction of sp³-hybridized carbons (Fsp3) is 0.391. The SMILES string of the molecule is COc1ccc(CCNC(=O)C(=O)N[C@@H](C)c2cc(C)c(C)cc2C)cc1OC. The predicted octanol–water partition coefficient (Wildman–Crippen LogP) is 3.17. The van der Waals surface area contributed by atoms with Gasteiger partial charge in [0.1, 0.15) is 0 Å². The number of ether oxygens (including phenoxy) is 2. The second-order valence-electron chi connectivity index (χ2n) is 7.18. The molecule has 0 spiro atoms. The fourth-order valence-electron chi connectivity index (χ4n) is 3.23. The van der Waals surface area contributed by atoms with Gasteiger partial charge in [0.25, 0.3) is 0 Å². The Bertz CT molecular complexity index is 893. The first-order valence-corrected chi connectivity index (χ1v) is 9.64. The van der Waals surface area contributed by atoms with E-state index in [0.29, 0.717) is 24.5 Å². The van der Waals surface area contributed by atoms with Crippen molar-refractivity contribution in [1.82, 2.24) is 10.6 Å². The summed E-state index contributed by atoms with van der Waals surface area (Å²) in [5.41, 5.74) is 5.44. The second-order valence-corrected chi connectivity index (χ2v) is 7.18. The van der Waals surface area contributed by atoms with Crippen LogP contribution in [0.2, 0.25) is 0 Å². The third-order valence-electron chi connectivity index (χ3n) is 5.05. The number of amides is 2. The van der Waals surface area contributed by atoms with E-state index in [4.69, 9.17) is 9.47 Å². The van der Waals surface area contributed by atoms with Crippen LogP contribution in [0.25, 0.3) is 0 Å². The molecule has 29 heavy (non-hydrogen) atoms. The van der Waals surface area contributed by atoms with Crippen molar-refractivity contribution in [2.75, 3.05) is 20.8 Å². The minimum Gasteiger partial charge on any atom is -0.493 e. The third kappa shape index (κ3) is 5.73. The molecule has 0 aliphatic carbocycles. The summed E-state index contributed by atoms with van der Waals surface area (Å²) in [7, 11) is 3.16. The van der Waals surface area contributed by atoms with Crippen LogP contribution in [-0.2, 0) is 16.0 Å². The molecule has 2 amide bonds. The lowest BCUT2D eigenvalue weighted by Gasteiger charge is -2.18. The molecule has 0 aliphatic heterocycles. The molecule has 0 bridgehead atoms. The van der Waals surface area contributed by atoms with Crippen LogP contribution in [0, 0.1) is 20.8 Å². The van der Waals surface area contributed by atoms with Crippen LogP contribution in [0.5, 0.6) is 11.5 Å². The maximum Gasteiger partial charge on any atom is 0.309 e. The van der Waals surface area contributed by atoms with Crippen LogP contribution in [0.4, 0.5) is 0 Å². The van der Waals surface area contributed by atoms with Crippen molar-refractivity contribution in [3.63, 3.8) is 0 Å². The maximum absolute atomic E-state index is 12.3. The van der Waals surface area contributed by atoms with Gasteiger partial charge in [-0.3, -0.25) is 9.59 Å². The molecular weight excluding hydrogens is 368 g/mol. The summed E-state index contributed by atoms with van der Waals surface area (Å²) in [6.45, 7) is 8.33. The summed E-state index contributed by atoms with van der Waals surface area (Å²) in [6.07, 6.45) is 0.575. The van der Waals surface area contributed by atoms with E-state index in [-0.39, 0.29) is 6.04 Å². The van der Waals surface area contributed by atoms with Gasteiger partial charge in [-0.1, -0.05) is 18.2 Å². The molecule has 2 N–H and O–H groups in total.